The van der Waals surface area contributed by atoms with Crippen molar-refractivity contribution in [2.24, 2.45) is 0 Å². The quantitative estimate of drug-likeness (QED) is 0.800. The molecule has 1 aromatic heterocycles. The zero-order valence-electron chi connectivity index (χ0n) is 10.3. The van der Waals surface area contributed by atoms with Crippen LogP contribution < -0.4 is 5.73 Å². The molecule has 0 aliphatic rings. The largest absolute Gasteiger partial charge is 0.399 e. The van der Waals surface area contributed by atoms with Crippen LogP contribution in [0.5, 0.6) is 0 Å². The molecule has 0 fully saturated rings. The molecule has 0 aliphatic carbocycles. The highest BCUT2D eigenvalue weighted by Gasteiger charge is 2.29. The van der Waals surface area contributed by atoms with Crippen LogP contribution in [0.2, 0.25) is 0 Å². The maximum Gasteiger partial charge on any atom is 0.249 e. The second-order valence-electron chi connectivity index (χ2n) is 4.01. The van der Waals surface area contributed by atoms with Crippen LogP contribution in [0, 0.1) is 11.6 Å². The molecule has 0 atom stereocenters. The number of aromatic amines is 1. The molecule has 1 aromatic carbocycles. The highest BCUT2D eigenvalue weighted by molar-refractivity contribution is 7.89. The summed E-state index contributed by atoms with van der Waals surface area (Å²) in [5, 5.41) is 6.01. The Morgan fingerprint density at radius 2 is 1.95 bits per heavy atom. The van der Waals surface area contributed by atoms with Crippen molar-refractivity contribution in [3.05, 3.63) is 35.9 Å². The van der Waals surface area contributed by atoms with Crippen LogP contribution in [0.15, 0.2) is 23.4 Å². The number of hydrogen-bond donors (Lipinski definition) is 2. The first kappa shape index (κ1) is 14.3. The minimum absolute atomic E-state index is 0.197. The first-order valence-corrected chi connectivity index (χ1v) is 6.81. The van der Waals surface area contributed by atoms with Crippen molar-refractivity contribution >= 4 is 15.7 Å². The minimum Gasteiger partial charge on any atom is -0.399 e. The normalized spacial score (nSPS) is 12.0. The molecule has 2 aromatic rings. The van der Waals surface area contributed by atoms with Gasteiger partial charge in [-0.05, 0) is 12.1 Å². The average Bonchev–Trinajstić information content (AvgIpc) is 2.79. The van der Waals surface area contributed by atoms with Gasteiger partial charge in [0.05, 0.1) is 6.54 Å². The molecule has 1 heterocycles. The monoisotopic (exact) mass is 303 g/mol. The molecule has 0 aliphatic heterocycles. The second-order valence-corrected chi connectivity index (χ2v) is 5.99. The molecule has 7 nitrogen and oxygen atoms in total. The lowest BCUT2D eigenvalue weighted by atomic mass is 10.3. The van der Waals surface area contributed by atoms with Crippen LogP contribution in [0.4, 0.5) is 14.5 Å². The van der Waals surface area contributed by atoms with Crippen LogP contribution in [-0.4, -0.2) is 35.0 Å². The van der Waals surface area contributed by atoms with Crippen molar-refractivity contribution in [3.8, 4) is 0 Å². The summed E-state index contributed by atoms with van der Waals surface area (Å²) in [6.07, 6.45) is 1.19. The average molecular weight is 303 g/mol. The summed E-state index contributed by atoms with van der Waals surface area (Å²) in [7, 11) is -3.18. The maximum absolute atomic E-state index is 13.7. The van der Waals surface area contributed by atoms with Gasteiger partial charge in [-0.3, -0.25) is 5.10 Å². The number of anilines is 1. The predicted octanol–water partition coefficient (Wildman–Crippen LogP) is 0.486. The van der Waals surface area contributed by atoms with E-state index >= 15 is 0 Å². The standard InChI is InChI=1S/C10H11F2N5O2S/c1-17(4-9-14-5-15-16-9)20(18,19)10-7(11)2-6(13)3-8(10)12/h2-3,5H,4,13H2,1H3,(H,14,15,16). The van der Waals surface area contributed by atoms with E-state index in [1.807, 2.05) is 0 Å². The molecule has 3 N–H and O–H groups in total. The number of aromatic nitrogens is 3. The van der Waals surface area contributed by atoms with Crippen molar-refractivity contribution in [2.45, 2.75) is 11.4 Å². The molecule has 2 rings (SSSR count). The van der Waals surface area contributed by atoms with Gasteiger partial charge >= 0.3 is 0 Å². The third kappa shape index (κ3) is 2.60. The van der Waals surface area contributed by atoms with E-state index < -0.39 is 26.6 Å². The van der Waals surface area contributed by atoms with Gasteiger partial charge in [-0.15, -0.1) is 0 Å². The van der Waals surface area contributed by atoms with E-state index in [0.717, 1.165) is 16.4 Å². The highest BCUT2D eigenvalue weighted by atomic mass is 32.2. The Morgan fingerprint density at radius 1 is 1.35 bits per heavy atom. The lowest BCUT2D eigenvalue weighted by molar-refractivity contribution is 0.441. The molecule has 0 amide bonds. The third-order valence-corrected chi connectivity index (χ3v) is 4.38. The second kappa shape index (κ2) is 5.13. The van der Waals surface area contributed by atoms with Gasteiger partial charge in [-0.2, -0.15) is 9.40 Å². The number of nitrogens with two attached hydrogens (primary N) is 1. The number of H-pyrrole nitrogens is 1. The van der Waals surface area contributed by atoms with Gasteiger partial charge in [0.25, 0.3) is 0 Å². The van der Waals surface area contributed by atoms with Crippen LogP contribution >= 0.6 is 0 Å². The molecular weight excluding hydrogens is 292 g/mol. The summed E-state index contributed by atoms with van der Waals surface area (Å²) in [5.41, 5.74) is 5.05. The Bertz CT molecular complexity index is 694. The van der Waals surface area contributed by atoms with Crippen molar-refractivity contribution in [1.82, 2.24) is 19.5 Å². The summed E-state index contributed by atoms with van der Waals surface area (Å²) >= 11 is 0. The molecule has 0 saturated heterocycles. The van der Waals surface area contributed by atoms with Crippen molar-refractivity contribution < 1.29 is 17.2 Å². The van der Waals surface area contributed by atoms with Gasteiger partial charge in [-0.1, -0.05) is 0 Å². The minimum atomic E-state index is -4.35. The zero-order chi connectivity index (χ0) is 14.9. The highest BCUT2D eigenvalue weighted by Crippen LogP contribution is 2.24. The molecule has 0 unspecified atom stereocenters. The molecule has 0 bridgehead atoms. The Labute approximate surface area is 113 Å². The van der Waals surface area contributed by atoms with E-state index in [2.05, 4.69) is 15.2 Å². The summed E-state index contributed by atoms with van der Waals surface area (Å²) in [6.45, 7) is -0.203. The fourth-order valence-electron chi connectivity index (χ4n) is 1.58. The van der Waals surface area contributed by atoms with Crippen molar-refractivity contribution in [2.75, 3.05) is 12.8 Å². The van der Waals surface area contributed by atoms with E-state index in [-0.39, 0.29) is 18.1 Å². The van der Waals surface area contributed by atoms with Crippen LogP contribution in [0.25, 0.3) is 0 Å². The third-order valence-electron chi connectivity index (χ3n) is 2.53. The van der Waals surface area contributed by atoms with Gasteiger partial charge in [-0.25, -0.2) is 22.2 Å². The summed E-state index contributed by atoms with van der Waals surface area (Å²) in [5.74, 6) is -2.24. The van der Waals surface area contributed by atoms with Gasteiger partial charge in [0, 0.05) is 12.7 Å². The van der Waals surface area contributed by atoms with E-state index in [9.17, 15) is 17.2 Å². The van der Waals surface area contributed by atoms with Crippen molar-refractivity contribution in [1.29, 1.82) is 0 Å². The van der Waals surface area contributed by atoms with Crippen LogP contribution in [-0.2, 0) is 16.6 Å². The van der Waals surface area contributed by atoms with E-state index in [0.29, 0.717) is 0 Å². The number of halogens is 2. The Balaban J connectivity index is 2.40. The molecule has 0 spiro atoms. The molecular formula is C10H11F2N5O2S. The van der Waals surface area contributed by atoms with E-state index in [4.69, 9.17) is 5.73 Å². The van der Waals surface area contributed by atoms with Crippen LogP contribution in [0.1, 0.15) is 5.82 Å². The first-order valence-electron chi connectivity index (χ1n) is 5.37. The van der Waals surface area contributed by atoms with Crippen LogP contribution in [0.3, 0.4) is 0 Å². The molecule has 0 saturated carbocycles. The van der Waals surface area contributed by atoms with Gasteiger partial charge in [0.2, 0.25) is 10.0 Å². The number of benzene rings is 1. The summed E-state index contributed by atoms with van der Waals surface area (Å²) in [6, 6.07) is 1.50. The molecule has 10 heteroatoms. The van der Waals surface area contributed by atoms with Gasteiger partial charge < -0.3 is 5.73 Å². The van der Waals surface area contributed by atoms with Gasteiger partial charge in [0.15, 0.2) is 4.90 Å². The maximum atomic E-state index is 13.7. The van der Waals surface area contributed by atoms with E-state index in [1.165, 1.54) is 13.4 Å². The Morgan fingerprint density at radius 3 is 2.45 bits per heavy atom. The van der Waals surface area contributed by atoms with E-state index in [1.54, 1.807) is 0 Å². The molecule has 0 radical (unpaired) electrons. The smallest absolute Gasteiger partial charge is 0.249 e. The molecule has 108 valence electrons. The number of nitrogens with zero attached hydrogens (tertiary/aromatic N) is 3. The Kier molecular flexibility index (Phi) is 3.68. The fourth-order valence-corrected chi connectivity index (χ4v) is 2.80. The first-order chi connectivity index (χ1) is 9.32. The lowest BCUT2D eigenvalue weighted by Gasteiger charge is -2.16. The number of nitrogen functional groups attached to an aromatic ring is 1. The number of sulfonamides is 1. The van der Waals surface area contributed by atoms with Gasteiger partial charge in [0.1, 0.15) is 23.8 Å². The number of rotatable bonds is 4. The number of hydrogen-bond acceptors (Lipinski definition) is 5. The number of nitrogens with one attached hydrogen (secondary N) is 1. The summed E-state index contributed by atoms with van der Waals surface area (Å²) < 4.78 is 52.4. The fraction of sp³-hybridized carbons (Fsp3) is 0.200. The van der Waals surface area contributed by atoms with Crippen molar-refractivity contribution in [3.63, 3.8) is 0 Å². The lowest BCUT2D eigenvalue weighted by Crippen LogP contribution is -2.28. The molecule has 20 heavy (non-hydrogen) atoms. The topological polar surface area (TPSA) is 105 Å². The SMILES string of the molecule is CN(Cc1ncn[nH]1)S(=O)(=O)c1c(F)cc(N)cc1F. The predicted molar refractivity (Wildman–Crippen MR) is 65.8 cm³/mol. The Hall–Kier alpha value is -2.07. The summed E-state index contributed by atoms with van der Waals surface area (Å²) in [4.78, 5) is 2.69. The zero-order valence-corrected chi connectivity index (χ0v) is 11.2.